The van der Waals surface area contributed by atoms with Crippen LogP contribution in [0.15, 0.2) is 36.4 Å². The molecule has 1 saturated heterocycles. The lowest BCUT2D eigenvalue weighted by Crippen LogP contribution is -2.42. The second-order valence-corrected chi connectivity index (χ2v) is 13.4. The number of amides is 1. The summed E-state index contributed by atoms with van der Waals surface area (Å²) < 4.78 is 10.8. The van der Waals surface area contributed by atoms with Crippen LogP contribution in [0, 0.1) is 11.3 Å². The fourth-order valence-electron chi connectivity index (χ4n) is 5.44. The number of likely N-dealkylation sites (tertiary alicyclic amines) is 1. The van der Waals surface area contributed by atoms with Gasteiger partial charge in [-0.3, -0.25) is 25.2 Å². The number of nitrogens with one attached hydrogen (secondary N) is 3. The predicted molar refractivity (Wildman–Crippen MR) is 183 cm³/mol. The summed E-state index contributed by atoms with van der Waals surface area (Å²) in [6.45, 7) is 13.1. The molecule has 0 saturated carbocycles. The van der Waals surface area contributed by atoms with E-state index in [0.29, 0.717) is 48.6 Å². The second-order valence-electron chi connectivity index (χ2n) is 13.4. The summed E-state index contributed by atoms with van der Waals surface area (Å²) in [5, 5.41) is 56.2. The van der Waals surface area contributed by atoms with Crippen molar-refractivity contribution in [2.24, 2.45) is 5.92 Å². The minimum absolute atomic E-state index is 0.00719. The van der Waals surface area contributed by atoms with E-state index in [4.69, 9.17) is 14.9 Å². The van der Waals surface area contributed by atoms with Gasteiger partial charge in [0.15, 0.2) is 5.84 Å². The summed E-state index contributed by atoms with van der Waals surface area (Å²) in [6.07, 6.45) is -0.437. The van der Waals surface area contributed by atoms with Gasteiger partial charge in [0.1, 0.15) is 23.3 Å². The molecule has 1 aliphatic rings. The molecule has 0 aliphatic carbocycles. The van der Waals surface area contributed by atoms with Gasteiger partial charge in [0.2, 0.25) is 6.41 Å². The molecule has 2 atom stereocenters. The van der Waals surface area contributed by atoms with Crippen molar-refractivity contribution in [1.29, 1.82) is 5.41 Å². The number of piperidine rings is 1. The van der Waals surface area contributed by atoms with Gasteiger partial charge in [-0.15, -0.1) is 0 Å². The van der Waals surface area contributed by atoms with Crippen molar-refractivity contribution in [3.8, 4) is 11.5 Å². The number of phenols is 2. The standard InChI is InChI=1S/C35H53N5O8/c1-7-37-32(44)31(36)40(20-25-18-27(22(2)3)29(42)19-28(25)41)26-10-8-24(9-11-26)33(45)39-16-13-23(14-17-39)21-47-34(46)38-15-12-30(43)48-35(4,5)6/h8-11,18-19,22-23,33-34,36,38,41-42,45-46H,7,12-17,20-21H2,1-6H3,(H,37,44). The lowest BCUT2D eigenvalue weighted by Gasteiger charge is -2.35. The van der Waals surface area contributed by atoms with E-state index in [-0.39, 0.29) is 54.7 Å². The highest BCUT2D eigenvalue weighted by atomic mass is 16.6. The number of aromatic hydroxyl groups is 2. The molecular formula is C35H53N5O8. The first-order chi connectivity index (χ1) is 22.6. The number of hydrogen-bond donors (Lipinski definition) is 7. The SMILES string of the molecule is CCNC(=O)C(=N)N(Cc1cc(C(C)C)c(O)cc1O)c1ccc(C(O)N2CCC(COC(O)NCCC(=O)OC(C)(C)C)CC2)cc1. The number of aliphatic hydroxyl groups is 2. The zero-order valence-corrected chi connectivity index (χ0v) is 29.0. The number of hydrogen-bond acceptors (Lipinski definition) is 11. The summed E-state index contributed by atoms with van der Waals surface area (Å²) >= 11 is 0. The molecule has 2 aromatic carbocycles. The fourth-order valence-corrected chi connectivity index (χ4v) is 5.44. The zero-order valence-electron chi connectivity index (χ0n) is 29.0. The van der Waals surface area contributed by atoms with Crippen LogP contribution in [0.4, 0.5) is 5.69 Å². The number of phenolic OH excluding ortho intramolecular Hbond substituents is 2. The van der Waals surface area contributed by atoms with E-state index < -0.39 is 24.2 Å². The van der Waals surface area contributed by atoms with Crippen molar-refractivity contribution in [2.75, 3.05) is 37.7 Å². The van der Waals surface area contributed by atoms with Gasteiger partial charge in [-0.25, -0.2) is 0 Å². The van der Waals surface area contributed by atoms with E-state index in [0.717, 1.165) is 12.8 Å². The minimum atomic E-state index is -1.20. The van der Waals surface area contributed by atoms with Crippen molar-refractivity contribution in [1.82, 2.24) is 15.5 Å². The number of ether oxygens (including phenoxy) is 2. The lowest BCUT2D eigenvalue weighted by atomic mass is 9.97. The highest BCUT2D eigenvalue weighted by molar-refractivity contribution is 6.41. The van der Waals surface area contributed by atoms with E-state index in [9.17, 15) is 30.0 Å². The van der Waals surface area contributed by atoms with Crippen molar-refractivity contribution in [3.63, 3.8) is 0 Å². The second kappa shape index (κ2) is 17.6. The molecule has 13 nitrogen and oxygen atoms in total. The van der Waals surface area contributed by atoms with Gasteiger partial charge in [-0.2, -0.15) is 0 Å². The number of carbonyl (C=O) groups excluding carboxylic acids is 2. The molecule has 1 fully saturated rings. The quantitative estimate of drug-likeness (QED) is 0.0672. The molecule has 3 rings (SSSR count). The highest BCUT2D eigenvalue weighted by Crippen LogP contribution is 2.34. The molecule has 48 heavy (non-hydrogen) atoms. The molecule has 0 spiro atoms. The topological polar surface area (TPSA) is 188 Å². The van der Waals surface area contributed by atoms with Crippen molar-refractivity contribution < 1.29 is 39.5 Å². The number of likely N-dealkylation sites (N-methyl/N-ethyl adjacent to an activating group) is 1. The maximum atomic E-state index is 12.7. The van der Waals surface area contributed by atoms with Crippen LogP contribution in [0.1, 0.15) is 89.6 Å². The third-order valence-corrected chi connectivity index (χ3v) is 8.06. The minimum Gasteiger partial charge on any atom is -0.508 e. The van der Waals surface area contributed by atoms with Crippen LogP contribution in [0.2, 0.25) is 0 Å². The number of amidine groups is 1. The molecule has 0 bridgehead atoms. The number of nitrogens with zero attached hydrogens (tertiary/aromatic N) is 2. The third kappa shape index (κ3) is 11.4. The molecule has 1 amide bonds. The van der Waals surface area contributed by atoms with Crippen molar-refractivity contribution in [3.05, 3.63) is 53.1 Å². The van der Waals surface area contributed by atoms with E-state index in [1.807, 2.05) is 18.7 Å². The molecule has 2 unspecified atom stereocenters. The highest BCUT2D eigenvalue weighted by Gasteiger charge is 2.27. The molecular weight excluding hydrogens is 618 g/mol. The van der Waals surface area contributed by atoms with Crippen LogP contribution in [-0.2, 0) is 25.6 Å². The zero-order chi connectivity index (χ0) is 35.6. The van der Waals surface area contributed by atoms with Crippen molar-refractivity contribution in [2.45, 2.75) is 91.5 Å². The average molecular weight is 672 g/mol. The Morgan fingerprint density at radius 2 is 1.71 bits per heavy atom. The number of carbonyl (C=O) groups is 2. The van der Waals surface area contributed by atoms with Gasteiger partial charge in [0.05, 0.1) is 19.6 Å². The molecule has 7 N–H and O–H groups in total. The van der Waals surface area contributed by atoms with Crippen LogP contribution in [0.5, 0.6) is 11.5 Å². The number of aliphatic hydroxyl groups excluding tert-OH is 2. The van der Waals surface area contributed by atoms with Crippen LogP contribution in [-0.4, -0.2) is 87.8 Å². The lowest BCUT2D eigenvalue weighted by molar-refractivity contribution is -0.156. The van der Waals surface area contributed by atoms with Gasteiger partial charge in [0.25, 0.3) is 5.91 Å². The summed E-state index contributed by atoms with van der Waals surface area (Å²) in [7, 11) is 0. The summed E-state index contributed by atoms with van der Waals surface area (Å²) in [5.74, 6) is -1.21. The van der Waals surface area contributed by atoms with E-state index in [2.05, 4.69) is 10.6 Å². The molecule has 13 heteroatoms. The van der Waals surface area contributed by atoms with Crippen LogP contribution < -0.4 is 15.5 Å². The average Bonchev–Trinajstić information content (AvgIpc) is 3.02. The van der Waals surface area contributed by atoms with E-state index >= 15 is 0 Å². The van der Waals surface area contributed by atoms with E-state index in [1.54, 1.807) is 58.0 Å². The fraction of sp³-hybridized carbons (Fsp3) is 0.571. The normalized spacial score (nSPS) is 15.6. The third-order valence-electron chi connectivity index (χ3n) is 8.06. The Hall–Kier alpha value is -3.75. The maximum Gasteiger partial charge on any atom is 0.307 e. The smallest absolute Gasteiger partial charge is 0.307 e. The Balaban J connectivity index is 1.58. The van der Waals surface area contributed by atoms with Crippen LogP contribution in [0.3, 0.4) is 0 Å². The number of rotatable bonds is 14. The monoisotopic (exact) mass is 671 g/mol. The Morgan fingerprint density at radius 3 is 2.29 bits per heavy atom. The first-order valence-electron chi connectivity index (χ1n) is 16.6. The van der Waals surface area contributed by atoms with Gasteiger partial charge in [-0.05, 0) is 81.7 Å². The molecule has 1 heterocycles. The molecule has 0 radical (unpaired) electrons. The Labute approximate surface area is 283 Å². The summed E-state index contributed by atoms with van der Waals surface area (Å²) in [6, 6.07) is 9.92. The molecule has 2 aromatic rings. The number of anilines is 1. The molecule has 266 valence electrons. The first kappa shape index (κ1) is 38.7. The van der Waals surface area contributed by atoms with Gasteiger partial charge < -0.3 is 40.1 Å². The Bertz CT molecular complexity index is 1370. The van der Waals surface area contributed by atoms with Crippen LogP contribution >= 0.6 is 0 Å². The van der Waals surface area contributed by atoms with Crippen LogP contribution in [0.25, 0.3) is 0 Å². The van der Waals surface area contributed by atoms with Gasteiger partial charge >= 0.3 is 5.97 Å². The largest absolute Gasteiger partial charge is 0.508 e. The maximum absolute atomic E-state index is 12.7. The molecule has 0 aromatic heterocycles. The number of esters is 1. The van der Waals surface area contributed by atoms with E-state index in [1.165, 1.54) is 11.0 Å². The predicted octanol–water partition coefficient (Wildman–Crippen LogP) is 3.66. The summed E-state index contributed by atoms with van der Waals surface area (Å²) in [4.78, 5) is 27.9. The van der Waals surface area contributed by atoms with Gasteiger partial charge in [0, 0.05) is 43.5 Å². The Morgan fingerprint density at radius 1 is 1.06 bits per heavy atom. The number of benzene rings is 2. The van der Waals surface area contributed by atoms with Gasteiger partial charge in [-0.1, -0.05) is 26.0 Å². The first-order valence-corrected chi connectivity index (χ1v) is 16.6. The van der Waals surface area contributed by atoms with Crippen molar-refractivity contribution >= 4 is 23.4 Å². The Kier molecular flexibility index (Phi) is 14.2. The summed E-state index contributed by atoms with van der Waals surface area (Å²) in [5.41, 5.74) is 1.71. The molecule has 1 aliphatic heterocycles.